The molecule has 0 saturated heterocycles. The summed E-state index contributed by atoms with van der Waals surface area (Å²) in [7, 11) is 2.03. The van der Waals surface area contributed by atoms with Gasteiger partial charge in [-0.1, -0.05) is 31.2 Å². The highest BCUT2D eigenvalue weighted by Gasteiger charge is 2.44. The quantitative estimate of drug-likeness (QED) is 0.838. The van der Waals surface area contributed by atoms with Crippen LogP contribution in [0.5, 0.6) is 0 Å². The second kappa shape index (κ2) is 4.79. The Morgan fingerprint density at radius 2 is 2.06 bits per heavy atom. The second-order valence-corrected chi connectivity index (χ2v) is 5.29. The number of hydrogen-bond acceptors (Lipinski definition) is 2. The van der Waals surface area contributed by atoms with Gasteiger partial charge in [-0.05, 0) is 49.8 Å². The Morgan fingerprint density at radius 3 is 2.59 bits per heavy atom. The van der Waals surface area contributed by atoms with E-state index in [0.717, 1.165) is 12.0 Å². The van der Waals surface area contributed by atoms with Crippen molar-refractivity contribution in [2.45, 2.75) is 50.7 Å². The molecule has 17 heavy (non-hydrogen) atoms. The van der Waals surface area contributed by atoms with Crippen molar-refractivity contribution in [1.82, 2.24) is 5.32 Å². The van der Waals surface area contributed by atoms with Crippen LogP contribution in [0.2, 0.25) is 0 Å². The summed E-state index contributed by atoms with van der Waals surface area (Å²) < 4.78 is 0. The molecule has 1 fully saturated rings. The van der Waals surface area contributed by atoms with Gasteiger partial charge in [0.2, 0.25) is 0 Å². The van der Waals surface area contributed by atoms with Crippen LogP contribution in [0.4, 0.5) is 0 Å². The molecular weight excluding hydrogens is 210 g/mol. The minimum Gasteiger partial charge on any atom is -0.389 e. The Morgan fingerprint density at radius 1 is 1.41 bits per heavy atom. The summed E-state index contributed by atoms with van der Waals surface area (Å²) in [4.78, 5) is 0. The van der Waals surface area contributed by atoms with E-state index in [0.29, 0.717) is 6.04 Å². The molecule has 94 valence electrons. The minimum absolute atomic E-state index is 0.279. The lowest BCUT2D eigenvalue weighted by Gasteiger charge is -2.49. The summed E-state index contributed by atoms with van der Waals surface area (Å²) in [6.07, 6.45) is 3.14. The summed E-state index contributed by atoms with van der Waals surface area (Å²) in [5.41, 5.74) is 2.73. The van der Waals surface area contributed by atoms with Gasteiger partial charge in [0.05, 0.1) is 6.10 Å². The van der Waals surface area contributed by atoms with Crippen molar-refractivity contribution in [2.75, 3.05) is 7.05 Å². The zero-order chi connectivity index (χ0) is 12.5. The molecule has 2 rings (SSSR count). The molecule has 0 heterocycles. The van der Waals surface area contributed by atoms with E-state index in [1.165, 1.54) is 18.4 Å². The van der Waals surface area contributed by atoms with Crippen molar-refractivity contribution in [2.24, 2.45) is 0 Å². The van der Waals surface area contributed by atoms with Crippen molar-refractivity contribution in [3.8, 4) is 0 Å². The first kappa shape index (κ1) is 12.6. The van der Waals surface area contributed by atoms with E-state index in [4.69, 9.17) is 0 Å². The summed E-state index contributed by atoms with van der Waals surface area (Å²) in [5, 5.41) is 13.2. The molecule has 1 unspecified atom stereocenters. The largest absolute Gasteiger partial charge is 0.389 e. The lowest BCUT2D eigenvalue weighted by atomic mass is 9.59. The van der Waals surface area contributed by atoms with Gasteiger partial charge in [0.15, 0.2) is 0 Å². The molecule has 1 aliphatic rings. The zero-order valence-corrected chi connectivity index (χ0v) is 11.0. The highest BCUT2D eigenvalue weighted by molar-refractivity contribution is 5.38. The van der Waals surface area contributed by atoms with E-state index in [2.05, 4.69) is 30.4 Å². The lowest BCUT2D eigenvalue weighted by molar-refractivity contribution is 0.157. The predicted octanol–water partition coefficient (Wildman–Crippen LogP) is 2.77. The predicted molar refractivity (Wildman–Crippen MR) is 71.1 cm³/mol. The second-order valence-electron chi connectivity index (χ2n) is 5.29. The van der Waals surface area contributed by atoms with Crippen LogP contribution < -0.4 is 5.32 Å². The van der Waals surface area contributed by atoms with Crippen LogP contribution >= 0.6 is 0 Å². The number of nitrogens with one attached hydrogen (secondary N) is 1. The van der Waals surface area contributed by atoms with Gasteiger partial charge >= 0.3 is 0 Å². The van der Waals surface area contributed by atoms with Gasteiger partial charge < -0.3 is 10.4 Å². The van der Waals surface area contributed by atoms with Crippen LogP contribution in [0.25, 0.3) is 0 Å². The Hall–Kier alpha value is -0.860. The summed E-state index contributed by atoms with van der Waals surface area (Å²) in [6, 6.07) is 8.99. The molecular formula is C15H23NO. The SMILES string of the molecule is CCC1(c2ccccc2C(C)O)CC(NC)C1. The van der Waals surface area contributed by atoms with Gasteiger partial charge in [0, 0.05) is 6.04 Å². The molecule has 2 nitrogen and oxygen atoms in total. The average Bonchev–Trinajstić information content (AvgIpc) is 2.29. The first-order chi connectivity index (χ1) is 8.13. The third kappa shape index (κ3) is 2.12. The van der Waals surface area contributed by atoms with E-state index >= 15 is 0 Å². The van der Waals surface area contributed by atoms with E-state index in [-0.39, 0.29) is 11.5 Å². The number of aliphatic hydroxyl groups is 1. The van der Waals surface area contributed by atoms with E-state index in [9.17, 15) is 5.11 Å². The van der Waals surface area contributed by atoms with Crippen LogP contribution in [-0.2, 0) is 5.41 Å². The molecule has 0 spiro atoms. The Labute approximate surface area is 104 Å². The smallest absolute Gasteiger partial charge is 0.0764 e. The van der Waals surface area contributed by atoms with E-state index in [1.807, 2.05) is 20.0 Å². The summed E-state index contributed by atoms with van der Waals surface area (Å²) in [5.74, 6) is 0. The van der Waals surface area contributed by atoms with Gasteiger partial charge in [-0.3, -0.25) is 0 Å². The van der Waals surface area contributed by atoms with Crippen LogP contribution in [0, 0.1) is 0 Å². The van der Waals surface area contributed by atoms with Gasteiger partial charge in [0.25, 0.3) is 0 Å². The van der Waals surface area contributed by atoms with Crippen molar-refractivity contribution < 1.29 is 5.11 Å². The fourth-order valence-corrected chi connectivity index (χ4v) is 3.13. The molecule has 0 aromatic heterocycles. The topological polar surface area (TPSA) is 32.3 Å². The molecule has 1 aromatic rings. The molecule has 1 saturated carbocycles. The van der Waals surface area contributed by atoms with Crippen LogP contribution in [0.1, 0.15) is 50.3 Å². The van der Waals surface area contributed by atoms with E-state index < -0.39 is 0 Å². The first-order valence-electron chi connectivity index (χ1n) is 6.57. The number of benzene rings is 1. The third-order valence-electron chi connectivity index (χ3n) is 4.34. The van der Waals surface area contributed by atoms with Gasteiger partial charge in [-0.15, -0.1) is 0 Å². The van der Waals surface area contributed by atoms with Gasteiger partial charge in [-0.2, -0.15) is 0 Å². The maximum absolute atomic E-state index is 9.89. The van der Waals surface area contributed by atoms with Crippen molar-refractivity contribution >= 4 is 0 Å². The number of hydrogen-bond donors (Lipinski definition) is 2. The summed E-state index contributed by atoms with van der Waals surface area (Å²) in [6.45, 7) is 4.11. The minimum atomic E-state index is -0.372. The molecule has 0 amide bonds. The molecule has 0 radical (unpaired) electrons. The monoisotopic (exact) mass is 233 g/mol. The van der Waals surface area contributed by atoms with Crippen LogP contribution in [-0.4, -0.2) is 18.2 Å². The maximum atomic E-state index is 9.89. The van der Waals surface area contributed by atoms with Crippen molar-refractivity contribution in [3.63, 3.8) is 0 Å². The Kier molecular flexibility index (Phi) is 3.55. The number of aliphatic hydroxyl groups excluding tert-OH is 1. The normalized spacial score (nSPS) is 29.8. The van der Waals surface area contributed by atoms with Crippen molar-refractivity contribution in [3.05, 3.63) is 35.4 Å². The zero-order valence-electron chi connectivity index (χ0n) is 11.0. The molecule has 1 aliphatic carbocycles. The average molecular weight is 233 g/mol. The van der Waals surface area contributed by atoms with Gasteiger partial charge in [0.1, 0.15) is 0 Å². The fraction of sp³-hybridized carbons (Fsp3) is 0.600. The van der Waals surface area contributed by atoms with E-state index in [1.54, 1.807) is 0 Å². The van der Waals surface area contributed by atoms with Crippen LogP contribution in [0.3, 0.4) is 0 Å². The Bertz CT molecular complexity index is 380. The lowest BCUT2D eigenvalue weighted by Crippen LogP contribution is -2.50. The fourth-order valence-electron chi connectivity index (χ4n) is 3.13. The van der Waals surface area contributed by atoms with Crippen LogP contribution in [0.15, 0.2) is 24.3 Å². The standard InChI is InChI=1S/C15H23NO/c1-4-15(9-12(10-15)16-3)14-8-6-5-7-13(14)11(2)17/h5-8,11-12,16-17H,4,9-10H2,1-3H3. The molecule has 0 aliphatic heterocycles. The Balaban J connectivity index is 2.33. The first-order valence-corrected chi connectivity index (χ1v) is 6.57. The molecule has 0 bridgehead atoms. The molecule has 1 aromatic carbocycles. The van der Waals surface area contributed by atoms with Gasteiger partial charge in [-0.25, -0.2) is 0 Å². The number of rotatable bonds is 4. The highest BCUT2D eigenvalue weighted by Crippen LogP contribution is 2.48. The summed E-state index contributed by atoms with van der Waals surface area (Å²) >= 11 is 0. The molecule has 2 heteroatoms. The third-order valence-corrected chi connectivity index (χ3v) is 4.34. The maximum Gasteiger partial charge on any atom is 0.0764 e. The highest BCUT2D eigenvalue weighted by atomic mass is 16.3. The molecule has 1 atom stereocenters. The molecule has 2 N–H and O–H groups in total. The van der Waals surface area contributed by atoms with Crippen molar-refractivity contribution in [1.29, 1.82) is 0 Å².